The molecule has 112 valence electrons. The van der Waals surface area contributed by atoms with Gasteiger partial charge in [0.05, 0.1) is 0 Å². The molecule has 4 rings (SSSR count). The highest BCUT2D eigenvalue weighted by atomic mass is 15.3. The molecule has 4 aliphatic rings. The average molecular weight is 274 g/mol. The van der Waals surface area contributed by atoms with Crippen LogP contribution in [0.1, 0.15) is 44.9 Å². The van der Waals surface area contributed by atoms with Gasteiger partial charge in [-0.15, -0.1) is 0 Å². The molecule has 0 unspecified atom stereocenters. The molecule has 3 fully saturated rings. The Bertz CT molecular complexity index is 356. The Balaban J connectivity index is 1.25. The number of rotatable bonds is 3. The number of allylic oxidation sites excluding steroid dienone is 2. The van der Waals surface area contributed by atoms with Gasteiger partial charge in [0.25, 0.3) is 0 Å². The van der Waals surface area contributed by atoms with E-state index >= 15 is 0 Å². The molecule has 0 aromatic rings. The fourth-order valence-electron chi connectivity index (χ4n) is 5.32. The molecule has 0 amide bonds. The molecule has 0 spiro atoms. The molecule has 20 heavy (non-hydrogen) atoms. The van der Waals surface area contributed by atoms with E-state index in [1.165, 1.54) is 71.2 Å². The molecule has 2 saturated carbocycles. The molecule has 4 atom stereocenters. The Kier molecular flexibility index (Phi) is 3.87. The minimum absolute atomic E-state index is 0.939. The maximum atomic E-state index is 2.85. The molecule has 3 aliphatic carbocycles. The summed E-state index contributed by atoms with van der Waals surface area (Å²) in [5, 5.41) is 0. The molecule has 0 aromatic heterocycles. The normalized spacial score (nSPS) is 42.4. The van der Waals surface area contributed by atoms with Crippen molar-refractivity contribution in [2.75, 3.05) is 32.7 Å². The summed E-state index contributed by atoms with van der Waals surface area (Å²) >= 11 is 0. The quantitative estimate of drug-likeness (QED) is 0.730. The van der Waals surface area contributed by atoms with Gasteiger partial charge in [-0.2, -0.15) is 0 Å². The fraction of sp³-hybridized carbons (Fsp3) is 0.889. The third-order valence-corrected chi connectivity index (χ3v) is 6.47. The highest BCUT2D eigenvalue weighted by Crippen LogP contribution is 2.46. The van der Waals surface area contributed by atoms with Crippen molar-refractivity contribution in [1.29, 1.82) is 0 Å². The molecule has 1 aliphatic heterocycles. The summed E-state index contributed by atoms with van der Waals surface area (Å²) in [5.74, 6) is 3.10. The Hall–Kier alpha value is -0.340. The van der Waals surface area contributed by atoms with E-state index in [2.05, 4.69) is 22.0 Å². The zero-order chi connectivity index (χ0) is 13.4. The Labute approximate surface area is 124 Å². The molecular formula is C18H30N2. The molecule has 0 N–H and O–H groups in total. The van der Waals surface area contributed by atoms with E-state index in [0.29, 0.717) is 0 Å². The van der Waals surface area contributed by atoms with Crippen molar-refractivity contribution in [2.45, 2.75) is 51.0 Å². The fourth-order valence-corrected chi connectivity index (χ4v) is 5.32. The third-order valence-electron chi connectivity index (χ3n) is 6.47. The molecule has 2 bridgehead atoms. The van der Waals surface area contributed by atoms with Gasteiger partial charge in [-0.1, -0.05) is 18.6 Å². The smallest absolute Gasteiger partial charge is 0.0127 e. The van der Waals surface area contributed by atoms with Crippen molar-refractivity contribution in [2.24, 2.45) is 17.8 Å². The molecule has 0 aromatic carbocycles. The van der Waals surface area contributed by atoms with Crippen molar-refractivity contribution in [3.63, 3.8) is 0 Å². The molecule has 2 nitrogen and oxygen atoms in total. The lowest BCUT2D eigenvalue weighted by Crippen LogP contribution is -2.52. The topological polar surface area (TPSA) is 6.48 Å². The van der Waals surface area contributed by atoms with E-state index in [0.717, 1.165) is 23.8 Å². The predicted molar refractivity (Wildman–Crippen MR) is 83.7 cm³/mol. The van der Waals surface area contributed by atoms with E-state index in [1.807, 2.05) is 0 Å². The predicted octanol–water partition coefficient (Wildman–Crippen LogP) is 3.15. The van der Waals surface area contributed by atoms with Crippen LogP contribution in [0.3, 0.4) is 0 Å². The van der Waals surface area contributed by atoms with Gasteiger partial charge in [0.2, 0.25) is 0 Å². The minimum Gasteiger partial charge on any atom is -0.301 e. The van der Waals surface area contributed by atoms with Crippen LogP contribution in [0, 0.1) is 17.8 Å². The number of piperazine rings is 1. The van der Waals surface area contributed by atoms with Gasteiger partial charge in [0, 0.05) is 38.8 Å². The molecule has 0 radical (unpaired) electrons. The van der Waals surface area contributed by atoms with E-state index in [1.54, 1.807) is 6.42 Å². The SMILES string of the molecule is C1=CC[C@H](CN2CCN([C@@H]3C[C@@H]4CC[C@@H]3C4)CC2)CC1. The summed E-state index contributed by atoms with van der Waals surface area (Å²) in [4.78, 5) is 5.59. The maximum absolute atomic E-state index is 2.85. The average Bonchev–Trinajstić information content (AvgIpc) is 3.12. The largest absolute Gasteiger partial charge is 0.301 e. The Morgan fingerprint density at radius 3 is 2.45 bits per heavy atom. The monoisotopic (exact) mass is 274 g/mol. The minimum atomic E-state index is 0.939. The maximum Gasteiger partial charge on any atom is 0.0127 e. The lowest BCUT2D eigenvalue weighted by Gasteiger charge is -2.42. The molecule has 2 heteroatoms. The second-order valence-corrected chi connectivity index (χ2v) is 7.73. The van der Waals surface area contributed by atoms with Crippen LogP contribution in [0.25, 0.3) is 0 Å². The van der Waals surface area contributed by atoms with Crippen molar-refractivity contribution in [3.8, 4) is 0 Å². The van der Waals surface area contributed by atoms with Gasteiger partial charge in [-0.05, 0) is 56.3 Å². The number of hydrogen-bond donors (Lipinski definition) is 0. The summed E-state index contributed by atoms with van der Waals surface area (Å²) in [6.07, 6.45) is 15.0. The highest BCUT2D eigenvalue weighted by Gasteiger charge is 2.42. The van der Waals surface area contributed by atoms with E-state index in [4.69, 9.17) is 0 Å². The standard InChI is InChI=1S/C18H30N2/c1-2-4-15(5-3-1)14-19-8-10-20(11-9-19)18-13-16-6-7-17(18)12-16/h1-2,15-18H,3-14H2/t15-,16+,17+,18+/m0/s1. The van der Waals surface area contributed by atoms with Crippen LogP contribution in [-0.4, -0.2) is 48.6 Å². The zero-order valence-electron chi connectivity index (χ0n) is 12.8. The summed E-state index contributed by atoms with van der Waals surface area (Å²) in [5.41, 5.74) is 0. The van der Waals surface area contributed by atoms with Crippen LogP contribution in [0.15, 0.2) is 12.2 Å². The second kappa shape index (κ2) is 5.81. The number of hydrogen-bond acceptors (Lipinski definition) is 2. The first-order chi connectivity index (χ1) is 9.88. The van der Waals surface area contributed by atoms with E-state index in [-0.39, 0.29) is 0 Å². The third kappa shape index (κ3) is 2.69. The van der Waals surface area contributed by atoms with Crippen LogP contribution in [0.2, 0.25) is 0 Å². The number of fused-ring (bicyclic) bond motifs is 2. The van der Waals surface area contributed by atoms with Crippen LogP contribution in [-0.2, 0) is 0 Å². The van der Waals surface area contributed by atoms with Gasteiger partial charge in [0.1, 0.15) is 0 Å². The molecule has 1 saturated heterocycles. The lowest BCUT2D eigenvalue weighted by atomic mass is 9.92. The Morgan fingerprint density at radius 1 is 0.900 bits per heavy atom. The first-order valence-corrected chi connectivity index (χ1v) is 9.00. The van der Waals surface area contributed by atoms with Gasteiger partial charge in [-0.25, -0.2) is 0 Å². The van der Waals surface area contributed by atoms with Crippen molar-refractivity contribution in [1.82, 2.24) is 9.80 Å². The summed E-state index contributed by atoms with van der Waals surface area (Å²) in [6.45, 7) is 6.70. The van der Waals surface area contributed by atoms with Gasteiger partial charge < -0.3 is 4.90 Å². The van der Waals surface area contributed by atoms with Gasteiger partial charge >= 0.3 is 0 Å². The van der Waals surface area contributed by atoms with E-state index < -0.39 is 0 Å². The number of nitrogens with zero attached hydrogens (tertiary/aromatic N) is 2. The van der Waals surface area contributed by atoms with Gasteiger partial charge in [0.15, 0.2) is 0 Å². The van der Waals surface area contributed by atoms with Gasteiger partial charge in [-0.3, -0.25) is 4.90 Å². The van der Waals surface area contributed by atoms with Crippen molar-refractivity contribution >= 4 is 0 Å². The second-order valence-electron chi connectivity index (χ2n) is 7.73. The van der Waals surface area contributed by atoms with Crippen LogP contribution in [0.5, 0.6) is 0 Å². The summed E-state index contributed by atoms with van der Waals surface area (Å²) in [7, 11) is 0. The first kappa shape index (κ1) is 13.3. The van der Waals surface area contributed by atoms with Crippen molar-refractivity contribution < 1.29 is 0 Å². The van der Waals surface area contributed by atoms with E-state index in [9.17, 15) is 0 Å². The van der Waals surface area contributed by atoms with Crippen molar-refractivity contribution in [3.05, 3.63) is 12.2 Å². The first-order valence-electron chi connectivity index (χ1n) is 9.00. The highest BCUT2D eigenvalue weighted by molar-refractivity contribution is 4.97. The lowest BCUT2D eigenvalue weighted by molar-refractivity contribution is 0.0631. The zero-order valence-corrected chi connectivity index (χ0v) is 12.8. The van der Waals surface area contributed by atoms with Crippen LogP contribution >= 0.6 is 0 Å². The van der Waals surface area contributed by atoms with Crippen LogP contribution < -0.4 is 0 Å². The summed E-state index contributed by atoms with van der Waals surface area (Å²) in [6, 6.07) is 0.966. The summed E-state index contributed by atoms with van der Waals surface area (Å²) < 4.78 is 0. The Morgan fingerprint density at radius 2 is 1.80 bits per heavy atom. The molecular weight excluding hydrogens is 244 g/mol. The van der Waals surface area contributed by atoms with Crippen LogP contribution in [0.4, 0.5) is 0 Å². The molecule has 1 heterocycles.